The van der Waals surface area contributed by atoms with Gasteiger partial charge >= 0.3 is 0 Å². The number of rotatable bonds is 2. The topological polar surface area (TPSA) is 29.4 Å². The van der Waals surface area contributed by atoms with Crippen molar-refractivity contribution in [2.24, 2.45) is 4.99 Å². The molecule has 0 spiro atoms. The van der Waals surface area contributed by atoms with Crippen LogP contribution in [0.25, 0.3) is 0 Å². The van der Waals surface area contributed by atoms with Crippen molar-refractivity contribution < 1.29 is 4.79 Å². The van der Waals surface area contributed by atoms with Crippen LogP contribution in [0.2, 0.25) is 10.0 Å². The summed E-state index contributed by atoms with van der Waals surface area (Å²) in [5.74, 6) is 0.395. The van der Waals surface area contributed by atoms with Gasteiger partial charge in [0.05, 0.1) is 20.8 Å². The van der Waals surface area contributed by atoms with Gasteiger partial charge in [-0.05, 0) is 17.7 Å². The van der Waals surface area contributed by atoms with E-state index in [1.54, 1.807) is 12.1 Å². The summed E-state index contributed by atoms with van der Waals surface area (Å²) in [6, 6.07) is 5.44. The lowest BCUT2D eigenvalue weighted by molar-refractivity contribution is -0.115. The first-order valence-electron chi connectivity index (χ1n) is 4.32. The number of aliphatic imine (C=N–C) groups is 1. The summed E-state index contributed by atoms with van der Waals surface area (Å²) >= 11 is 13.2. The summed E-state index contributed by atoms with van der Waals surface area (Å²) < 4.78 is 0. The third kappa shape index (κ3) is 2.74. The maximum Gasteiger partial charge on any atom is 0.256 e. The smallest absolute Gasteiger partial charge is 0.256 e. The first kappa shape index (κ1) is 11.0. The minimum absolute atomic E-state index is 0.0601. The van der Waals surface area contributed by atoms with Crippen molar-refractivity contribution in [2.45, 2.75) is 6.42 Å². The number of benzene rings is 1. The standard InChI is InChI=1S/C10H7Cl2NOS/c11-7-2-1-6(3-8(7)12)4-10-13-9(14)5-15-10/h1-3H,4-5H2. The minimum Gasteiger partial charge on any atom is -0.272 e. The fourth-order valence-electron chi connectivity index (χ4n) is 1.26. The summed E-state index contributed by atoms with van der Waals surface area (Å²) in [6.45, 7) is 0. The van der Waals surface area contributed by atoms with Crippen LogP contribution in [-0.4, -0.2) is 16.7 Å². The quantitative estimate of drug-likeness (QED) is 0.817. The van der Waals surface area contributed by atoms with Crippen LogP contribution >= 0.6 is 35.0 Å². The first-order chi connectivity index (χ1) is 7.15. The molecular formula is C10H7Cl2NOS. The average molecular weight is 260 g/mol. The lowest BCUT2D eigenvalue weighted by Gasteiger charge is -2.01. The molecule has 0 atom stereocenters. The molecule has 78 valence electrons. The molecule has 2 nitrogen and oxygen atoms in total. The second-order valence-electron chi connectivity index (χ2n) is 3.11. The minimum atomic E-state index is -0.0601. The van der Waals surface area contributed by atoms with E-state index in [9.17, 15) is 4.79 Å². The van der Waals surface area contributed by atoms with Gasteiger partial charge in [-0.1, -0.05) is 29.3 Å². The van der Waals surface area contributed by atoms with Gasteiger partial charge in [0.25, 0.3) is 5.91 Å². The molecule has 0 radical (unpaired) electrons. The monoisotopic (exact) mass is 259 g/mol. The molecule has 1 heterocycles. The molecule has 1 aliphatic rings. The van der Waals surface area contributed by atoms with Gasteiger partial charge < -0.3 is 0 Å². The van der Waals surface area contributed by atoms with E-state index in [0.29, 0.717) is 22.2 Å². The van der Waals surface area contributed by atoms with E-state index in [2.05, 4.69) is 4.99 Å². The van der Waals surface area contributed by atoms with Crippen LogP contribution in [0.3, 0.4) is 0 Å². The lowest BCUT2D eigenvalue weighted by Crippen LogP contribution is -1.95. The number of amides is 1. The van der Waals surface area contributed by atoms with E-state index in [1.807, 2.05) is 6.07 Å². The Bertz CT molecular complexity index is 445. The van der Waals surface area contributed by atoms with E-state index >= 15 is 0 Å². The van der Waals surface area contributed by atoms with Gasteiger partial charge in [-0.2, -0.15) is 0 Å². The van der Waals surface area contributed by atoms with Crippen LogP contribution in [0, 0.1) is 0 Å². The van der Waals surface area contributed by atoms with Crippen molar-refractivity contribution in [2.75, 3.05) is 5.75 Å². The highest BCUT2D eigenvalue weighted by molar-refractivity contribution is 8.15. The maximum absolute atomic E-state index is 10.9. The van der Waals surface area contributed by atoms with Crippen molar-refractivity contribution in [3.05, 3.63) is 33.8 Å². The Balaban J connectivity index is 2.14. The van der Waals surface area contributed by atoms with E-state index in [4.69, 9.17) is 23.2 Å². The fourth-order valence-corrected chi connectivity index (χ4v) is 2.37. The van der Waals surface area contributed by atoms with E-state index in [0.717, 1.165) is 10.6 Å². The highest BCUT2D eigenvalue weighted by Gasteiger charge is 2.15. The van der Waals surface area contributed by atoms with E-state index in [1.165, 1.54) is 11.8 Å². The zero-order chi connectivity index (χ0) is 10.8. The summed E-state index contributed by atoms with van der Waals surface area (Å²) in [4.78, 5) is 14.8. The summed E-state index contributed by atoms with van der Waals surface area (Å²) in [7, 11) is 0. The van der Waals surface area contributed by atoms with Crippen LogP contribution in [0.15, 0.2) is 23.2 Å². The van der Waals surface area contributed by atoms with Crippen LogP contribution in [0.5, 0.6) is 0 Å². The third-order valence-electron chi connectivity index (χ3n) is 1.95. The highest BCUT2D eigenvalue weighted by Crippen LogP contribution is 2.24. The van der Waals surface area contributed by atoms with Gasteiger partial charge in [0.1, 0.15) is 0 Å². The molecule has 0 fully saturated rings. The normalized spacial score (nSPS) is 15.6. The fraction of sp³-hybridized carbons (Fsp3) is 0.200. The second-order valence-corrected chi connectivity index (χ2v) is 4.98. The zero-order valence-electron chi connectivity index (χ0n) is 7.67. The van der Waals surface area contributed by atoms with Crippen LogP contribution in [0.1, 0.15) is 5.56 Å². The van der Waals surface area contributed by atoms with Crippen molar-refractivity contribution in [3.8, 4) is 0 Å². The Kier molecular flexibility index (Phi) is 3.34. The second kappa shape index (κ2) is 4.56. The Morgan fingerprint density at radius 2 is 2.13 bits per heavy atom. The van der Waals surface area contributed by atoms with Gasteiger partial charge in [0.15, 0.2) is 0 Å². The van der Waals surface area contributed by atoms with Crippen LogP contribution in [-0.2, 0) is 11.2 Å². The molecule has 1 amide bonds. The molecule has 0 aliphatic carbocycles. The lowest BCUT2D eigenvalue weighted by atomic mass is 10.2. The Morgan fingerprint density at radius 3 is 2.73 bits per heavy atom. The van der Waals surface area contributed by atoms with Gasteiger partial charge in [0.2, 0.25) is 0 Å². The number of carbonyl (C=O) groups is 1. The van der Waals surface area contributed by atoms with Gasteiger partial charge in [-0.25, -0.2) is 4.99 Å². The van der Waals surface area contributed by atoms with E-state index in [-0.39, 0.29) is 5.91 Å². The van der Waals surface area contributed by atoms with Crippen molar-refractivity contribution in [1.82, 2.24) is 0 Å². The molecule has 0 aromatic heterocycles. The van der Waals surface area contributed by atoms with Gasteiger partial charge in [-0.3, -0.25) is 4.79 Å². The number of carbonyl (C=O) groups excluding carboxylic acids is 1. The zero-order valence-corrected chi connectivity index (χ0v) is 9.99. The largest absolute Gasteiger partial charge is 0.272 e. The van der Waals surface area contributed by atoms with E-state index < -0.39 is 0 Å². The first-order valence-corrected chi connectivity index (χ1v) is 6.06. The van der Waals surface area contributed by atoms with Gasteiger partial charge in [0, 0.05) is 6.42 Å². The Hall–Kier alpha value is -0.510. The average Bonchev–Trinajstić information content (AvgIpc) is 2.58. The van der Waals surface area contributed by atoms with Crippen LogP contribution in [0.4, 0.5) is 0 Å². The number of hydrogen-bond acceptors (Lipinski definition) is 2. The summed E-state index contributed by atoms with van der Waals surface area (Å²) in [5.41, 5.74) is 1.02. The molecule has 5 heteroatoms. The molecule has 1 aromatic carbocycles. The Labute approximate surface area is 102 Å². The van der Waals surface area contributed by atoms with Crippen molar-refractivity contribution in [1.29, 1.82) is 0 Å². The number of halogens is 2. The predicted molar refractivity (Wildman–Crippen MR) is 65.1 cm³/mol. The summed E-state index contributed by atoms with van der Waals surface area (Å²) in [5, 5.41) is 1.92. The molecular weight excluding hydrogens is 253 g/mol. The molecule has 15 heavy (non-hydrogen) atoms. The summed E-state index contributed by atoms with van der Waals surface area (Å²) in [6.07, 6.45) is 0.646. The third-order valence-corrected chi connectivity index (χ3v) is 3.65. The molecule has 0 N–H and O–H groups in total. The number of thioether (sulfide) groups is 1. The SMILES string of the molecule is O=C1CSC(Cc2ccc(Cl)c(Cl)c2)=N1. The molecule has 1 aromatic rings. The van der Waals surface area contributed by atoms with Crippen molar-refractivity contribution in [3.63, 3.8) is 0 Å². The number of nitrogens with zero attached hydrogens (tertiary/aromatic N) is 1. The Morgan fingerprint density at radius 1 is 1.33 bits per heavy atom. The molecule has 0 saturated carbocycles. The molecule has 1 aliphatic heterocycles. The predicted octanol–water partition coefficient (Wildman–Crippen LogP) is 3.21. The molecule has 2 rings (SSSR count). The van der Waals surface area contributed by atoms with Crippen molar-refractivity contribution >= 4 is 45.9 Å². The molecule has 0 bridgehead atoms. The number of hydrogen-bond donors (Lipinski definition) is 0. The molecule has 0 unspecified atom stereocenters. The van der Waals surface area contributed by atoms with Crippen LogP contribution < -0.4 is 0 Å². The van der Waals surface area contributed by atoms with Gasteiger partial charge in [-0.15, -0.1) is 11.8 Å². The maximum atomic E-state index is 10.9. The molecule has 0 saturated heterocycles. The highest BCUT2D eigenvalue weighted by atomic mass is 35.5.